The molecule has 0 saturated heterocycles. The van der Waals surface area contributed by atoms with Gasteiger partial charge in [0.25, 0.3) is 0 Å². The lowest BCUT2D eigenvalue weighted by Gasteiger charge is -2.20. The monoisotopic (exact) mass is 390 g/mol. The van der Waals surface area contributed by atoms with E-state index in [9.17, 15) is 0 Å². The molecule has 6 rings (SSSR count). The first-order valence-electron chi connectivity index (χ1n) is 10.7. The summed E-state index contributed by atoms with van der Waals surface area (Å²) >= 11 is 0. The third-order valence-electron chi connectivity index (χ3n) is 6.11. The SMILES string of the molecule is C1=CNc2ccccc2C=N1.C[C@H]1CC=c2ccc3c(c2C1)CC=c1ccccc1=3. The zero-order valence-electron chi connectivity index (χ0n) is 17.3. The minimum absolute atomic E-state index is 0.788. The van der Waals surface area contributed by atoms with Crippen molar-refractivity contribution in [2.75, 3.05) is 5.32 Å². The minimum atomic E-state index is 0.788. The van der Waals surface area contributed by atoms with Crippen molar-refractivity contribution in [1.82, 2.24) is 0 Å². The molecule has 3 aromatic rings. The first kappa shape index (κ1) is 18.6. The summed E-state index contributed by atoms with van der Waals surface area (Å²) in [6, 6.07) is 21.5. The van der Waals surface area contributed by atoms with Gasteiger partial charge < -0.3 is 5.32 Å². The fourth-order valence-corrected chi connectivity index (χ4v) is 4.56. The summed E-state index contributed by atoms with van der Waals surface area (Å²) in [4.78, 5) is 4.04. The van der Waals surface area contributed by atoms with Crippen molar-refractivity contribution in [3.63, 3.8) is 0 Å². The lowest BCUT2D eigenvalue weighted by molar-refractivity contribution is 0.587. The van der Waals surface area contributed by atoms with Gasteiger partial charge in [-0.1, -0.05) is 73.7 Å². The zero-order chi connectivity index (χ0) is 20.3. The number of hydrogen-bond donors (Lipinski definition) is 1. The maximum Gasteiger partial charge on any atom is 0.0469 e. The van der Waals surface area contributed by atoms with Crippen molar-refractivity contribution in [2.24, 2.45) is 10.9 Å². The van der Waals surface area contributed by atoms with E-state index in [1.807, 2.05) is 36.7 Å². The lowest BCUT2D eigenvalue weighted by atomic mass is 9.85. The summed E-state index contributed by atoms with van der Waals surface area (Å²) in [5.74, 6) is 0.788. The number of nitrogens with zero attached hydrogens (tertiary/aromatic N) is 1. The highest BCUT2D eigenvalue weighted by Gasteiger charge is 2.14. The molecule has 1 aliphatic heterocycles. The second-order valence-electron chi connectivity index (χ2n) is 8.23. The molecule has 0 amide bonds. The van der Waals surface area contributed by atoms with Crippen molar-refractivity contribution in [1.29, 1.82) is 0 Å². The van der Waals surface area contributed by atoms with Crippen molar-refractivity contribution < 1.29 is 0 Å². The predicted octanol–water partition coefficient (Wildman–Crippen LogP) is 4.68. The maximum atomic E-state index is 4.04. The van der Waals surface area contributed by atoms with Gasteiger partial charge in [0.1, 0.15) is 0 Å². The molecule has 0 bridgehead atoms. The molecule has 3 aromatic carbocycles. The van der Waals surface area contributed by atoms with Crippen molar-refractivity contribution in [3.05, 3.63) is 111 Å². The fourth-order valence-electron chi connectivity index (χ4n) is 4.56. The van der Waals surface area contributed by atoms with E-state index < -0.39 is 0 Å². The smallest absolute Gasteiger partial charge is 0.0469 e. The Morgan fingerprint density at radius 1 is 0.833 bits per heavy atom. The Balaban J connectivity index is 0.000000149. The molecule has 2 aliphatic carbocycles. The van der Waals surface area contributed by atoms with Crippen LogP contribution in [0.15, 0.2) is 78.1 Å². The Hall–Kier alpha value is -3.39. The van der Waals surface area contributed by atoms with Crippen molar-refractivity contribution in [2.45, 2.75) is 26.2 Å². The van der Waals surface area contributed by atoms with Crippen LogP contribution in [0.3, 0.4) is 0 Å². The molecule has 2 heteroatoms. The summed E-state index contributed by atoms with van der Waals surface area (Å²) < 4.78 is 0. The Bertz CT molecular complexity index is 1360. The number of para-hydroxylation sites is 1. The third-order valence-corrected chi connectivity index (χ3v) is 6.11. The highest BCUT2D eigenvalue weighted by atomic mass is 14.9. The molecule has 30 heavy (non-hydrogen) atoms. The largest absolute Gasteiger partial charge is 0.360 e. The molecule has 0 unspecified atom stereocenters. The molecule has 0 spiro atoms. The Morgan fingerprint density at radius 2 is 1.70 bits per heavy atom. The molecule has 0 fully saturated rings. The van der Waals surface area contributed by atoms with Crippen molar-refractivity contribution >= 4 is 24.1 Å². The fraction of sp³-hybridized carbons (Fsp3) is 0.179. The highest BCUT2D eigenvalue weighted by Crippen LogP contribution is 2.20. The summed E-state index contributed by atoms with van der Waals surface area (Å²) in [6.07, 6.45) is 13.8. The lowest BCUT2D eigenvalue weighted by Crippen LogP contribution is -2.22. The number of fused-ring (bicyclic) bond motifs is 5. The Kier molecular flexibility index (Phi) is 5.06. The van der Waals surface area contributed by atoms with Crippen LogP contribution < -0.4 is 15.8 Å². The minimum Gasteiger partial charge on any atom is -0.360 e. The molecule has 3 aliphatic rings. The normalized spacial score (nSPS) is 17.3. The quantitative estimate of drug-likeness (QED) is 0.592. The Morgan fingerprint density at radius 3 is 2.67 bits per heavy atom. The molecule has 1 N–H and O–H groups in total. The molecular weight excluding hydrogens is 364 g/mol. The van der Waals surface area contributed by atoms with Gasteiger partial charge in [0.05, 0.1) is 0 Å². The van der Waals surface area contributed by atoms with Gasteiger partial charge in [-0.15, -0.1) is 0 Å². The molecule has 0 saturated carbocycles. The van der Waals surface area contributed by atoms with Gasteiger partial charge in [-0.3, -0.25) is 4.99 Å². The van der Waals surface area contributed by atoms with Crippen LogP contribution in [0.25, 0.3) is 12.2 Å². The van der Waals surface area contributed by atoms with E-state index in [1.165, 1.54) is 33.7 Å². The molecule has 0 aromatic heterocycles. The van der Waals surface area contributed by atoms with Gasteiger partial charge in [-0.2, -0.15) is 0 Å². The van der Waals surface area contributed by atoms with Gasteiger partial charge in [0, 0.05) is 29.9 Å². The van der Waals surface area contributed by atoms with Crippen molar-refractivity contribution in [3.8, 4) is 0 Å². The topological polar surface area (TPSA) is 24.4 Å². The summed E-state index contributed by atoms with van der Waals surface area (Å²) in [7, 11) is 0. The van der Waals surface area contributed by atoms with Crippen LogP contribution in [-0.2, 0) is 12.8 Å². The highest BCUT2D eigenvalue weighted by molar-refractivity contribution is 5.88. The number of anilines is 1. The van der Waals surface area contributed by atoms with E-state index in [4.69, 9.17) is 0 Å². The maximum absolute atomic E-state index is 4.04. The number of rotatable bonds is 0. The first-order valence-corrected chi connectivity index (χ1v) is 10.7. The number of hydrogen-bond acceptors (Lipinski definition) is 2. The average molecular weight is 391 g/mol. The van der Waals surface area contributed by atoms with E-state index >= 15 is 0 Å². The molecule has 1 atom stereocenters. The number of nitrogens with one attached hydrogen (secondary N) is 1. The van der Waals surface area contributed by atoms with E-state index in [-0.39, 0.29) is 0 Å². The summed E-state index contributed by atoms with van der Waals surface area (Å²) in [6.45, 7) is 2.36. The Labute approximate surface area is 177 Å². The standard InChI is InChI=1S/C19H18.C9H8N2/c1-13-6-7-15-9-10-17-16-5-3-2-4-14(16)8-11-18(17)19(15)12-13;1-2-4-9-8(3-1)7-10-5-6-11-9/h2-5,7-10,13H,6,11-12H2,1H3;1-7,11H/t13-;/m0./s1. The summed E-state index contributed by atoms with van der Waals surface area (Å²) in [5.41, 5.74) is 5.39. The van der Waals surface area contributed by atoms with Crippen LogP contribution in [0.2, 0.25) is 0 Å². The second kappa shape index (κ2) is 8.16. The van der Waals surface area contributed by atoms with Crippen LogP contribution in [0.5, 0.6) is 0 Å². The molecular formula is C28H26N2. The van der Waals surface area contributed by atoms with Crippen LogP contribution in [0.1, 0.15) is 30.0 Å². The van der Waals surface area contributed by atoms with E-state index in [1.54, 1.807) is 17.3 Å². The predicted molar refractivity (Wildman–Crippen MR) is 127 cm³/mol. The van der Waals surface area contributed by atoms with Gasteiger partial charge in [0.15, 0.2) is 0 Å². The van der Waals surface area contributed by atoms with Gasteiger partial charge in [-0.25, -0.2) is 0 Å². The number of aliphatic imine (C=N–C) groups is 1. The van der Waals surface area contributed by atoms with Gasteiger partial charge in [0.2, 0.25) is 0 Å². The first-order chi connectivity index (χ1) is 14.8. The van der Waals surface area contributed by atoms with Gasteiger partial charge >= 0.3 is 0 Å². The number of benzene rings is 3. The second-order valence-corrected chi connectivity index (χ2v) is 8.23. The molecule has 148 valence electrons. The zero-order valence-corrected chi connectivity index (χ0v) is 17.3. The van der Waals surface area contributed by atoms with Crippen LogP contribution in [0, 0.1) is 16.4 Å². The average Bonchev–Trinajstić information content (AvgIpc) is 3.05. The van der Waals surface area contributed by atoms with E-state index in [0.29, 0.717) is 0 Å². The van der Waals surface area contributed by atoms with Crippen LogP contribution >= 0.6 is 0 Å². The van der Waals surface area contributed by atoms with Crippen LogP contribution in [-0.4, -0.2) is 6.21 Å². The van der Waals surface area contributed by atoms with Crippen LogP contribution in [0.4, 0.5) is 5.69 Å². The van der Waals surface area contributed by atoms with Gasteiger partial charge in [-0.05, 0) is 63.2 Å². The molecule has 2 nitrogen and oxygen atoms in total. The van der Waals surface area contributed by atoms with E-state index in [0.717, 1.165) is 23.6 Å². The molecule has 1 heterocycles. The third kappa shape index (κ3) is 3.61. The molecule has 0 radical (unpaired) electrons. The summed E-state index contributed by atoms with van der Waals surface area (Å²) in [5, 5.41) is 8.85. The van der Waals surface area contributed by atoms with E-state index in [2.05, 4.69) is 65.8 Å².